The third-order valence-corrected chi connectivity index (χ3v) is 3.53. The fourth-order valence-corrected chi connectivity index (χ4v) is 2.32. The van der Waals surface area contributed by atoms with Crippen molar-refractivity contribution < 1.29 is 4.42 Å². The molecule has 2 aromatic heterocycles. The first-order valence-electron chi connectivity index (χ1n) is 5.74. The van der Waals surface area contributed by atoms with Crippen LogP contribution in [0.25, 0.3) is 11.5 Å². The average molecular weight is 316 g/mol. The van der Waals surface area contributed by atoms with Gasteiger partial charge in [0.15, 0.2) is 5.69 Å². The van der Waals surface area contributed by atoms with E-state index in [1.807, 2.05) is 18.2 Å². The number of nitrogens with zero attached hydrogens (tertiary/aromatic N) is 5. The monoisotopic (exact) mass is 315 g/mol. The molecule has 0 unspecified atom stereocenters. The maximum absolute atomic E-state index is 8.66. The molecule has 3 aromatic rings. The summed E-state index contributed by atoms with van der Waals surface area (Å²) >= 11 is 7.24. The molecule has 0 bridgehead atoms. The van der Waals surface area contributed by atoms with Crippen LogP contribution in [-0.4, -0.2) is 20.2 Å². The van der Waals surface area contributed by atoms with Crippen LogP contribution >= 0.6 is 23.4 Å². The summed E-state index contributed by atoms with van der Waals surface area (Å²) in [5, 5.41) is 18.0. The van der Waals surface area contributed by atoms with E-state index in [0.717, 1.165) is 11.8 Å². The Balaban J connectivity index is 1.82. The number of halogens is 1. The van der Waals surface area contributed by atoms with E-state index in [4.69, 9.17) is 21.3 Å². The predicted octanol–water partition coefficient (Wildman–Crippen LogP) is 3.20. The molecule has 3 rings (SSSR count). The highest BCUT2D eigenvalue weighted by molar-refractivity contribution is 7.99. The highest BCUT2D eigenvalue weighted by Gasteiger charge is 2.13. The lowest BCUT2D eigenvalue weighted by atomic mass is 10.2. The number of nitriles is 1. The topological polar surface area (TPSA) is 88.5 Å². The van der Waals surface area contributed by atoms with Gasteiger partial charge in [0, 0.05) is 0 Å². The van der Waals surface area contributed by atoms with Crippen LogP contribution < -0.4 is 0 Å². The largest absolute Gasteiger partial charge is 0.411 e. The van der Waals surface area contributed by atoms with Gasteiger partial charge in [-0.2, -0.15) is 5.26 Å². The van der Waals surface area contributed by atoms with E-state index in [1.54, 1.807) is 12.1 Å². The van der Waals surface area contributed by atoms with Gasteiger partial charge in [-0.1, -0.05) is 23.7 Å². The molecule has 0 N–H and O–H groups in total. The van der Waals surface area contributed by atoms with E-state index in [9.17, 15) is 0 Å². The smallest absolute Gasteiger partial charge is 0.283 e. The maximum Gasteiger partial charge on any atom is 0.283 e. The number of rotatable bonds is 3. The summed E-state index contributed by atoms with van der Waals surface area (Å²) < 4.78 is 5.53. The fraction of sp³-hybridized carbons (Fsp3) is 0. The zero-order valence-electron chi connectivity index (χ0n) is 10.4. The lowest BCUT2D eigenvalue weighted by Crippen LogP contribution is -1.86. The molecule has 0 aliphatic rings. The molecule has 21 heavy (non-hydrogen) atoms. The van der Waals surface area contributed by atoms with Crippen molar-refractivity contribution in [3.05, 3.63) is 47.4 Å². The zero-order valence-corrected chi connectivity index (χ0v) is 12.0. The minimum absolute atomic E-state index is 0.252. The Morgan fingerprint density at radius 3 is 2.71 bits per heavy atom. The third kappa shape index (κ3) is 3.02. The molecule has 0 saturated carbocycles. The van der Waals surface area contributed by atoms with Crippen molar-refractivity contribution >= 4 is 23.4 Å². The third-order valence-electron chi connectivity index (χ3n) is 2.45. The van der Waals surface area contributed by atoms with E-state index in [2.05, 4.69) is 20.2 Å². The lowest BCUT2D eigenvalue weighted by Gasteiger charge is -1.97. The summed E-state index contributed by atoms with van der Waals surface area (Å²) in [5.74, 6) is 0.338. The van der Waals surface area contributed by atoms with Gasteiger partial charge in [0.05, 0.1) is 23.0 Å². The van der Waals surface area contributed by atoms with Crippen LogP contribution in [0.5, 0.6) is 0 Å². The molecular formula is C13H6ClN5OS. The molecule has 102 valence electrons. The standard InChI is InChI=1S/C13H6ClN5OS/c14-10-4-2-1-3-9(10)12-18-19-13(20-12)21-11-7-16-8(5-15)6-17-11/h1-4,6-7H. The van der Waals surface area contributed by atoms with Gasteiger partial charge in [-0.15, -0.1) is 10.2 Å². The Hall–Kier alpha value is -2.43. The Morgan fingerprint density at radius 2 is 2.00 bits per heavy atom. The molecule has 0 amide bonds. The Kier molecular flexibility index (Phi) is 3.81. The van der Waals surface area contributed by atoms with E-state index in [0.29, 0.717) is 26.7 Å². The molecule has 1 aromatic carbocycles. The van der Waals surface area contributed by atoms with Crippen LogP contribution in [0.15, 0.2) is 51.3 Å². The number of hydrogen-bond acceptors (Lipinski definition) is 7. The van der Waals surface area contributed by atoms with Crippen molar-refractivity contribution in [2.75, 3.05) is 0 Å². The second-order valence-electron chi connectivity index (χ2n) is 3.81. The van der Waals surface area contributed by atoms with Crippen LogP contribution in [-0.2, 0) is 0 Å². The van der Waals surface area contributed by atoms with E-state index in [-0.39, 0.29) is 5.69 Å². The van der Waals surface area contributed by atoms with Gasteiger partial charge in [0.1, 0.15) is 11.1 Å². The van der Waals surface area contributed by atoms with Gasteiger partial charge in [-0.25, -0.2) is 9.97 Å². The molecule has 0 aliphatic carbocycles. The van der Waals surface area contributed by atoms with Gasteiger partial charge < -0.3 is 4.42 Å². The van der Waals surface area contributed by atoms with Crippen molar-refractivity contribution in [3.8, 4) is 17.5 Å². The number of aromatic nitrogens is 4. The van der Waals surface area contributed by atoms with E-state index < -0.39 is 0 Å². The minimum atomic E-state index is 0.252. The summed E-state index contributed by atoms with van der Waals surface area (Å²) in [4.78, 5) is 7.99. The SMILES string of the molecule is N#Cc1cnc(Sc2nnc(-c3ccccc3Cl)o2)cn1. The summed E-state index contributed by atoms with van der Waals surface area (Å²) in [5.41, 5.74) is 0.922. The normalized spacial score (nSPS) is 10.3. The Morgan fingerprint density at radius 1 is 1.14 bits per heavy atom. The summed E-state index contributed by atoms with van der Waals surface area (Å²) in [6.07, 6.45) is 2.86. The van der Waals surface area contributed by atoms with E-state index >= 15 is 0 Å². The molecule has 0 fully saturated rings. The molecule has 0 atom stereocenters. The van der Waals surface area contributed by atoms with Crippen LogP contribution in [0.3, 0.4) is 0 Å². The molecule has 0 aliphatic heterocycles. The molecule has 8 heteroatoms. The molecule has 0 spiro atoms. The Bertz CT molecular complexity index is 812. The van der Waals surface area contributed by atoms with Crippen LogP contribution in [0.2, 0.25) is 5.02 Å². The second-order valence-corrected chi connectivity index (χ2v) is 5.19. The molecule has 2 heterocycles. The summed E-state index contributed by atoms with van der Waals surface area (Å²) in [7, 11) is 0. The van der Waals surface area contributed by atoms with Crippen molar-refractivity contribution in [2.45, 2.75) is 10.2 Å². The summed E-state index contributed by atoms with van der Waals surface area (Å²) in [6, 6.07) is 9.11. The van der Waals surface area contributed by atoms with Crippen molar-refractivity contribution in [3.63, 3.8) is 0 Å². The molecule has 0 radical (unpaired) electrons. The average Bonchev–Trinajstić information content (AvgIpc) is 2.97. The first-order chi connectivity index (χ1) is 10.3. The first kappa shape index (κ1) is 13.5. The van der Waals surface area contributed by atoms with Gasteiger partial charge in [-0.05, 0) is 23.9 Å². The minimum Gasteiger partial charge on any atom is -0.411 e. The van der Waals surface area contributed by atoms with Crippen LogP contribution in [0.4, 0.5) is 0 Å². The fourth-order valence-electron chi connectivity index (χ4n) is 1.51. The Labute approximate surface area is 128 Å². The maximum atomic E-state index is 8.66. The van der Waals surface area contributed by atoms with Gasteiger partial charge in [-0.3, -0.25) is 0 Å². The van der Waals surface area contributed by atoms with Gasteiger partial charge in [0.25, 0.3) is 5.22 Å². The van der Waals surface area contributed by atoms with Crippen molar-refractivity contribution in [1.29, 1.82) is 5.26 Å². The molecule has 0 saturated heterocycles. The quantitative estimate of drug-likeness (QED) is 0.733. The second kappa shape index (κ2) is 5.91. The lowest BCUT2D eigenvalue weighted by molar-refractivity contribution is 0.465. The predicted molar refractivity (Wildman–Crippen MR) is 75.6 cm³/mol. The van der Waals surface area contributed by atoms with Gasteiger partial charge in [0.2, 0.25) is 5.89 Å². The number of benzene rings is 1. The van der Waals surface area contributed by atoms with Crippen LogP contribution in [0, 0.1) is 11.3 Å². The van der Waals surface area contributed by atoms with Crippen LogP contribution in [0.1, 0.15) is 5.69 Å². The zero-order chi connectivity index (χ0) is 14.7. The highest BCUT2D eigenvalue weighted by atomic mass is 35.5. The van der Waals surface area contributed by atoms with E-state index in [1.165, 1.54) is 12.4 Å². The summed E-state index contributed by atoms with van der Waals surface area (Å²) in [6.45, 7) is 0. The van der Waals surface area contributed by atoms with Crippen molar-refractivity contribution in [1.82, 2.24) is 20.2 Å². The first-order valence-corrected chi connectivity index (χ1v) is 6.94. The highest BCUT2D eigenvalue weighted by Crippen LogP contribution is 2.30. The van der Waals surface area contributed by atoms with Crippen molar-refractivity contribution in [2.24, 2.45) is 0 Å². The molecule has 6 nitrogen and oxygen atoms in total. The number of hydrogen-bond donors (Lipinski definition) is 0. The molecular weight excluding hydrogens is 310 g/mol. The van der Waals surface area contributed by atoms with Gasteiger partial charge >= 0.3 is 0 Å².